The average molecular weight is 200 g/mol. The molecule has 0 amide bonds. The number of alkyl halides is 1. The third-order valence-electron chi connectivity index (χ3n) is 1.61. The van der Waals surface area contributed by atoms with Crippen molar-refractivity contribution < 1.29 is 9.50 Å². The SMILES string of the molecule is N#C[C@@H](O)[C@@H](F)c1ccccc1Cl. The van der Waals surface area contributed by atoms with Crippen molar-refractivity contribution in [3.8, 4) is 6.07 Å². The molecule has 0 heterocycles. The fourth-order valence-corrected chi connectivity index (χ4v) is 1.17. The second kappa shape index (κ2) is 4.22. The zero-order valence-corrected chi connectivity index (χ0v) is 7.37. The molecule has 0 unspecified atom stereocenters. The van der Waals surface area contributed by atoms with Crippen LogP contribution in [0.3, 0.4) is 0 Å². The van der Waals surface area contributed by atoms with Crippen molar-refractivity contribution in [2.45, 2.75) is 12.3 Å². The second-order valence-electron chi connectivity index (χ2n) is 2.50. The van der Waals surface area contributed by atoms with Crippen LogP contribution in [0.4, 0.5) is 4.39 Å². The Morgan fingerprint density at radius 1 is 1.46 bits per heavy atom. The van der Waals surface area contributed by atoms with Crippen LogP contribution in [0.5, 0.6) is 0 Å². The van der Waals surface area contributed by atoms with Crippen LogP contribution in [0.1, 0.15) is 11.7 Å². The summed E-state index contributed by atoms with van der Waals surface area (Å²) in [6.07, 6.45) is -3.42. The van der Waals surface area contributed by atoms with E-state index in [9.17, 15) is 4.39 Å². The van der Waals surface area contributed by atoms with E-state index in [0.717, 1.165) is 0 Å². The van der Waals surface area contributed by atoms with Gasteiger partial charge in [0.1, 0.15) is 0 Å². The molecule has 68 valence electrons. The molecular formula is C9H7ClFNO. The molecule has 4 heteroatoms. The lowest BCUT2D eigenvalue weighted by atomic mass is 10.1. The Labute approximate surface area is 80.2 Å². The van der Waals surface area contributed by atoms with Crippen LogP contribution in [0, 0.1) is 11.3 Å². The molecule has 0 saturated carbocycles. The minimum Gasteiger partial charge on any atom is -0.375 e. The molecule has 0 aliphatic carbocycles. The summed E-state index contributed by atoms with van der Waals surface area (Å²) in [5, 5.41) is 17.4. The Morgan fingerprint density at radius 2 is 2.08 bits per heavy atom. The summed E-state index contributed by atoms with van der Waals surface area (Å²) in [6, 6.07) is 7.60. The molecule has 1 N–H and O–H groups in total. The molecule has 1 rings (SSSR count). The van der Waals surface area contributed by atoms with Crippen LogP contribution in [0.25, 0.3) is 0 Å². The van der Waals surface area contributed by atoms with Crippen molar-refractivity contribution in [2.24, 2.45) is 0 Å². The Bertz CT molecular complexity index is 337. The van der Waals surface area contributed by atoms with E-state index >= 15 is 0 Å². The topological polar surface area (TPSA) is 44.0 Å². The van der Waals surface area contributed by atoms with Gasteiger partial charge >= 0.3 is 0 Å². The predicted molar refractivity (Wildman–Crippen MR) is 46.9 cm³/mol. The standard InChI is InChI=1S/C9H7ClFNO/c10-7-4-2-1-3-6(7)9(11)8(13)5-12/h1-4,8-9,13H/t8-,9+/m1/s1. The van der Waals surface area contributed by atoms with Crippen molar-refractivity contribution in [1.29, 1.82) is 5.26 Å². The fourth-order valence-electron chi connectivity index (χ4n) is 0.934. The maximum absolute atomic E-state index is 13.2. The molecule has 2 atom stereocenters. The first-order valence-corrected chi connectivity index (χ1v) is 4.01. The van der Waals surface area contributed by atoms with E-state index in [1.165, 1.54) is 18.2 Å². The van der Waals surface area contributed by atoms with Gasteiger partial charge in [0.25, 0.3) is 0 Å². The van der Waals surface area contributed by atoms with Gasteiger partial charge in [-0.25, -0.2) is 4.39 Å². The number of benzene rings is 1. The van der Waals surface area contributed by atoms with Crippen molar-refractivity contribution in [2.75, 3.05) is 0 Å². The maximum atomic E-state index is 13.2. The predicted octanol–water partition coefficient (Wildman–Crippen LogP) is 2.24. The third-order valence-corrected chi connectivity index (χ3v) is 1.96. The number of aliphatic hydroxyl groups is 1. The monoisotopic (exact) mass is 199 g/mol. The molecular weight excluding hydrogens is 193 g/mol. The van der Waals surface area contributed by atoms with Crippen molar-refractivity contribution in [1.82, 2.24) is 0 Å². The van der Waals surface area contributed by atoms with E-state index in [1.54, 1.807) is 12.1 Å². The number of nitrogens with zero attached hydrogens (tertiary/aromatic N) is 1. The van der Waals surface area contributed by atoms with Gasteiger partial charge in [0.05, 0.1) is 6.07 Å². The van der Waals surface area contributed by atoms with Gasteiger partial charge in [-0.1, -0.05) is 29.8 Å². The van der Waals surface area contributed by atoms with Crippen LogP contribution in [-0.4, -0.2) is 11.2 Å². The molecule has 1 aromatic rings. The molecule has 0 aromatic heterocycles. The van der Waals surface area contributed by atoms with Crippen LogP contribution in [0.2, 0.25) is 5.02 Å². The first kappa shape index (κ1) is 9.97. The number of hydrogen-bond acceptors (Lipinski definition) is 2. The Morgan fingerprint density at radius 3 is 2.62 bits per heavy atom. The van der Waals surface area contributed by atoms with E-state index in [0.29, 0.717) is 0 Å². The highest BCUT2D eigenvalue weighted by Gasteiger charge is 2.21. The van der Waals surface area contributed by atoms with Gasteiger partial charge in [-0.15, -0.1) is 0 Å². The lowest BCUT2D eigenvalue weighted by molar-refractivity contribution is 0.122. The molecule has 2 nitrogen and oxygen atoms in total. The van der Waals surface area contributed by atoms with E-state index in [4.69, 9.17) is 22.0 Å². The number of rotatable bonds is 2. The van der Waals surface area contributed by atoms with Crippen molar-refractivity contribution in [3.05, 3.63) is 34.9 Å². The molecule has 0 spiro atoms. The van der Waals surface area contributed by atoms with E-state index in [2.05, 4.69) is 0 Å². The number of halogens is 2. The van der Waals surface area contributed by atoms with Crippen molar-refractivity contribution >= 4 is 11.6 Å². The largest absolute Gasteiger partial charge is 0.375 e. The maximum Gasteiger partial charge on any atom is 0.175 e. The second-order valence-corrected chi connectivity index (χ2v) is 2.90. The lowest BCUT2D eigenvalue weighted by Gasteiger charge is -2.10. The number of aliphatic hydroxyl groups excluding tert-OH is 1. The van der Waals surface area contributed by atoms with Crippen molar-refractivity contribution in [3.63, 3.8) is 0 Å². The fraction of sp³-hybridized carbons (Fsp3) is 0.222. The average Bonchev–Trinajstić information content (AvgIpc) is 2.16. The summed E-state index contributed by atoms with van der Waals surface area (Å²) in [5.41, 5.74) is 0.137. The summed E-state index contributed by atoms with van der Waals surface area (Å²) in [7, 11) is 0. The quantitative estimate of drug-likeness (QED) is 0.743. The highest BCUT2D eigenvalue weighted by Crippen LogP contribution is 2.27. The molecule has 0 aliphatic rings. The van der Waals surface area contributed by atoms with Gasteiger partial charge in [-0.2, -0.15) is 5.26 Å². The first-order chi connectivity index (χ1) is 6.16. The first-order valence-electron chi connectivity index (χ1n) is 3.63. The van der Waals surface area contributed by atoms with Gasteiger partial charge in [0, 0.05) is 10.6 Å². The highest BCUT2D eigenvalue weighted by atomic mass is 35.5. The molecule has 0 saturated heterocycles. The summed E-state index contributed by atoms with van der Waals surface area (Å²) < 4.78 is 13.2. The van der Waals surface area contributed by atoms with Gasteiger partial charge in [0.15, 0.2) is 12.3 Å². The summed E-state index contributed by atoms with van der Waals surface area (Å²) in [5.74, 6) is 0. The van der Waals surface area contributed by atoms with E-state index in [-0.39, 0.29) is 10.6 Å². The zero-order valence-electron chi connectivity index (χ0n) is 6.61. The minimum atomic E-state index is -1.75. The Balaban J connectivity index is 2.96. The lowest BCUT2D eigenvalue weighted by Crippen LogP contribution is -2.12. The van der Waals surface area contributed by atoms with E-state index in [1.807, 2.05) is 0 Å². The normalized spacial score (nSPS) is 14.6. The molecule has 1 aromatic carbocycles. The van der Waals surface area contributed by atoms with Gasteiger partial charge < -0.3 is 5.11 Å². The van der Waals surface area contributed by atoms with Gasteiger partial charge in [0.2, 0.25) is 0 Å². The smallest absolute Gasteiger partial charge is 0.175 e. The molecule has 13 heavy (non-hydrogen) atoms. The summed E-state index contributed by atoms with van der Waals surface area (Å²) in [6.45, 7) is 0. The molecule has 0 radical (unpaired) electrons. The zero-order chi connectivity index (χ0) is 9.84. The third kappa shape index (κ3) is 2.18. The molecule has 0 bridgehead atoms. The number of nitriles is 1. The highest BCUT2D eigenvalue weighted by molar-refractivity contribution is 6.31. The summed E-state index contributed by atoms with van der Waals surface area (Å²) >= 11 is 5.66. The van der Waals surface area contributed by atoms with Crippen LogP contribution >= 0.6 is 11.6 Å². The molecule has 0 fully saturated rings. The van der Waals surface area contributed by atoms with E-state index < -0.39 is 12.3 Å². The van der Waals surface area contributed by atoms with Gasteiger partial charge in [-0.3, -0.25) is 0 Å². The summed E-state index contributed by atoms with van der Waals surface area (Å²) in [4.78, 5) is 0. The van der Waals surface area contributed by atoms with Crippen LogP contribution < -0.4 is 0 Å². The molecule has 0 aliphatic heterocycles. The Hall–Kier alpha value is -1.11. The Kier molecular flexibility index (Phi) is 3.24. The minimum absolute atomic E-state index is 0.137. The van der Waals surface area contributed by atoms with Gasteiger partial charge in [-0.05, 0) is 6.07 Å². The van der Waals surface area contributed by atoms with Crippen LogP contribution in [-0.2, 0) is 0 Å². The van der Waals surface area contributed by atoms with Crippen LogP contribution in [0.15, 0.2) is 24.3 Å². The number of hydrogen-bond donors (Lipinski definition) is 1.